The van der Waals surface area contributed by atoms with Crippen molar-refractivity contribution >= 4 is 0 Å². The summed E-state index contributed by atoms with van der Waals surface area (Å²) in [5.74, 6) is -1.49. The molecule has 1 aliphatic rings. The molecule has 4 atom stereocenters. The number of benzene rings is 3. The molecule has 3 aromatic carbocycles. The first kappa shape index (κ1) is 22.6. The lowest BCUT2D eigenvalue weighted by molar-refractivity contribution is -0.231. The Bertz CT molecular complexity index is 930. The van der Waals surface area contributed by atoms with Gasteiger partial charge in [-0.15, -0.1) is 0 Å². The van der Waals surface area contributed by atoms with Gasteiger partial charge in [0.2, 0.25) is 0 Å². The third-order valence-corrected chi connectivity index (χ3v) is 5.53. The van der Waals surface area contributed by atoms with E-state index in [1.165, 1.54) is 0 Å². The number of rotatable bonds is 10. The Kier molecular flexibility index (Phi) is 7.68. The van der Waals surface area contributed by atoms with E-state index in [9.17, 15) is 5.11 Å². The summed E-state index contributed by atoms with van der Waals surface area (Å²) in [5.41, 5.74) is 3.15. The van der Waals surface area contributed by atoms with Crippen LogP contribution in [0.15, 0.2) is 91.0 Å². The maximum absolute atomic E-state index is 11.0. The molecule has 168 valence electrons. The van der Waals surface area contributed by atoms with Crippen molar-refractivity contribution in [3.63, 3.8) is 0 Å². The van der Waals surface area contributed by atoms with Gasteiger partial charge in [-0.05, 0) is 23.6 Å². The fourth-order valence-electron chi connectivity index (χ4n) is 3.91. The summed E-state index contributed by atoms with van der Waals surface area (Å²) in [6.07, 6.45) is -1.60. The van der Waals surface area contributed by atoms with E-state index < -0.39 is 24.1 Å². The predicted molar refractivity (Wildman–Crippen MR) is 122 cm³/mol. The highest BCUT2D eigenvalue weighted by Crippen LogP contribution is 2.34. The average molecular weight is 435 g/mol. The Morgan fingerprint density at radius 1 is 0.719 bits per heavy atom. The molecule has 3 aromatic rings. The van der Waals surface area contributed by atoms with Crippen LogP contribution in [0.5, 0.6) is 0 Å². The lowest BCUT2D eigenvalue weighted by Gasteiger charge is -2.27. The molecule has 0 aromatic heterocycles. The van der Waals surface area contributed by atoms with E-state index in [2.05, 4.69) is 0 Å². The van der Waals surface area contributed by atoms with Crippen LogP contribution in [0.25, 0.3) is 0 Å². The zero-order valence-corrected chi connectivity index (χ0v) is 18.3. The summed E-state index contributed by atoms with van der Waals surface area (Å²) >= 11 is 0. The van der Waals surface area contributed by atoms with Crippen LogP contribution in [-0.2, 0) is 38.8 Å². The highest BCUT2D eigenvalue weighted by molar-refractivity contribution is 5.15. The van der Waals surface area contributed by atoms with Gasteiger partial charge in [0.1, 0.15) is 18.3 Å². The van der Waals surface area contributed by atoms with E-state index in [1.807, 2.05) is 91.0 Å². The van der Waals surface area contributed by atoms with Crippen LogP contribution in [0.2, 0.25) is 0 Å². The minimum Gasteiger partial charge on any atom is -0.374 e. The van der Waals surface area contributed by atoms with Crippen molar-refractivity contribution in [1.82, 2.24) is 0 Å². The molecule has 0 aliphatic carbocycles. The van der Waals surface area contributed by atoms with Gasteiger partial charge in [0, 0.05) is 0 Å². The van der Waals surface area contributed by atoms with E-state index in [0.717, 1.165) is 16.7 Å². The van der Waals surface area contributed by atoms with Crippen molar-refractivity contribution < 1.29 is 24.1 Å². The average Bonchev–Trinajstić information content (AvgIpc) is 3.07. The normalized spacial score (nSPS) is 25.1. The topological polar surface area (TPSA) is 57.2 Å². The zero-order valence-electron chi connectivity index (χ0n) is 18.3. The van der Waals surface area contributed by atoms with Crippen molar-refractivity contribution in [1.29, 1.82) is 0 Å². The molecule has 1 aliphatic heterocycles. The van der Waals surface area contributed by atoms with Gasteiger partial charge in [0.05, 0.1) is 26.4 Å². The van der Waals surface area contributed by atoms with Gasteiger partial charge in [0.15, 0.2) is 5.79 Å². The smallest absolute Gasteiger partial charge is 0.192 e. The summed E-state index contributed by atoms with van der Waals surface area (Å²) in [4.78, 5) is 0. The maximum atomic E-state index is 11.0. The summed E-state index contributed by atoms with van der Waals surface area (Å²) in [6.45, 7) is 3.12. The molecule has 1 saturated heterocycles. The second-order valence-electron chi connectivity index (χ2n) is 8.19. The third-order valence-electron chi connectivity index (χ3n) is 5.53. The Morgan fingerprint density at radius 3 is 1.72 bits per heavy atom. The van der Waals surface area contributed by atoms with Crippen LogP contribution in [0.3, 0.4) is 0 Å². The van der Waals surface area contributed by atoms with Crippen LogP contribution in [0.1, 0.15) is 23.6 Å². The number of hydrogen-bond acceptors (Lipinski definition) is 5. The second-order valence-corrected chi connectivity index (χ2v) is 8.19. The van der Waals surface area contributed by atoms with Gasteiger partial charge in [0.25, 0.3) is 0 Å². The largest absolute Gasteiger partial charge is 0.374 e. The highest BCUT2D eigenvalue weighted by Gasteiger charge is 2.53. The molecule has 0 amide bonds. The van der Waals surface area contributed by atoms with E-state index in [4.69, 9.17) is 18.9 Å². The first-order valence-corrected chi connectivity index (χ1v) is 10.9. The fraction of sp³-hybridized carbons (Fsp3) is 0.333. The lowest BCUT2D eigenvalue weighted by Crippen LogP contribution is -2.44. The predicted octanol–water partition coefficient (Wildman–Crippen LogP) is 4.48. The molecular formula is C27H30O5. The molecule has 0 saturated carbocycles. The van der Waals surface area contributed by atoms with Gasteiger partial charge in [-0.1, -0.05) is 91.0 Å². The molecule has 5 nitrogen and oxygen atoms in total. The standard InChI is InChI=1S/C27H30O5/c1-27(28)26(31-19-23-15-9-4-10-16-23)25(30-18-22-13-7-3-8-14-22)24(32-27)20-29-17-21-11-5-2-6-12-21/h2-16,24-26,28H,17-20H2,1H3/t24-,25-,26-,27?/m1/s1. The van der Waals surface area contributed by atoms with Gasteiger partial charge in [-0.3, -0.25) is 0 Å². The fourth-order valence-corrected chi connectivity index (χ4v) is 3.91. The van der Waals surface area contributed by atoms with Gasteiger partial charge >= 0.3 is 0 Å². The van der Waals surface area contributed by atoms with Crippen molar-refractivity contribution in [2.24, 2.45) is 0 Å². The molecule has 1 heterocycles. The van der Waals surface area contributed by atoms with Crippen LogP contribution < -0.4 is 0 Å². The first-order chi connectivity index (χ1) is 15.6. The number of ether oxygens (including phenoxy) is 4. The van der Waals surface area contributed by atoms with E-state index in [0.29, 0.717) is 19.8 Å². The molecule has 0 spiro atoms. The summed E-state index contributed by atoms with van der Waals surface area (Å²) in [5, 5.41) is 11.0. The molecular weight excluding hydrogens is 404 g/mol. The molecule has 1 unspecified atom stereocenters. The second kappa shape index (κ2) is 10.9. The number of hydrogen-bond donors (Lipinski definition) is 1. The zero-order chi connectivity index (χ0) is 22.2. The lowest BCUT2D eigenvalue weighted by atomic mass is 10.1. The van der Waals surface area contributed by atoms with Gasteiger partial charge in [-0.25, -0.2) is 0 Å². The molecule has 1 N–H and O–H groups in total. The summed E-state index contributed by atoms with van der Waals surface area (Å²) in [7, 11) is 0. The summed E-state index contributed by atoms with van der Waals surface area (Å²) < 4.78 is 24.3. The SMILES string of the molecule is CC1(O)O[C@H](COCc2ccccc2)[C@@H](OCc2ccccc2)[C@H]1OCc1ccccc1. The molecule has 4 rings (SSSR count). The van der Waals surface area contributed by atoms with E-state index >= 15 is 0 Å². The Labute approximate surface area is 189 Å². The summed E-state index contributed by atoms with van der Waals surface area (Å²) in [6, 6.07) is 29.8. The van der Waals surface area contributed by atoms with Crippen LogP contribution in [-0.4, -0.2) is 35.8 Å². The molecule has 0 radical (unpaired) electrons. The van der Waals surface area contributed by atoms with Gasteiger partial charge in [-0.2, -0.15) is 0 Å². The highest BCUT2D eigenvalue weighted by atomic mass is 16.7. The number of aliphatic hydroxyl groups is 1. The Balaban J connectivity index is 1.44. The minimum atomic E-state index is -1.49. The molecule has 5 heteroatoms. The first-order valence-electron chi connectivity index (χ1n) is 10.9. The van der Waals surface area contributed by atoms with Crippen molar-refractivity contribution in [3.05, 3.63) is 108 Å². The minimum absolute atomic E-state index is 0.287. The maximum Gasteiger partial charge on any atom is 0.192 e. The molecule has 0 bridgehead atoms. The quantitative estimate of drug-likeness (QED) is 0.510. The Hall–Kier alpha value is -2.54. The Morgan fingerprint density at radius 2 is 1.19 bits per heavy atom. The molecule has 1 fully saturated rings. The van der Waals surface area contributed by atoms with Crippen molar-refractivity contribution in [2.75, 3.05) is 6.61 Å². The van der Waals surface area contributed by atoms with E-state index in [-0.39, 0.29) is 6.61 Å². The van der Waals surface area contributed by atoms with E-state index in [1.54, 1.807) is 6.92 Å². The van der Waals surface area contributed by atoms with Crippen molar-refractivity contribution in [3.8, 4) is 0 Å². The van der Waals surface area contributed by atoms with Crippen LogP contribution in [0, 0.1) is 0 Å². The van der Waals surface area contributed by atoms with Gasteiger partial charge < -0.3 is 24.1 Å². The molecule has 32 heavy (non-hydrogen) atoms. The van der Waals surface area contributed by atoms with Crippen LogP contribution >= 0.6 is 0 Å². The third kappa shape index (κ3) is 6.03. The van der Waals surface area contributed by atoms with Crippen LogP contribution in [0.4, 0.5) is 0 Å². The monoisotopic (exact) mass is 434 g/mol. The van der Waals surface area contributed by atoms with Crippen molar-refractivity contribution in [2.45, 2.75) is 50.8 Å².